The number of nitrogens with one attached hydrogen (secondary N) is 1. The summed E-state index contributed by atoms with van der Waals surface area (Å²) in [6.07, 6.45) is 4.89. The second-order valence-corrected chi connectivity index (χ2v) is 6.16. The summed E-state index contributed by atoms with van der Waals surface area (Å²) in [6.45, 7) is 3.31. The molecule has 0 saturated carbocycles. The van der Waals surface area contributed by atoms with Gasteiger partial charge in [0, 0.05) is 37.4 Å². The summed E-state index contributed by atoms with van der Waals surface area (Å²) in [7, 11) is 0. The van der Waals surface area contributed by atoms with E-state index in [1.165, 1.54) is 0 Å². The first-order valence-electron chi connectivity index (χ1n) is 9.25. The van der Waals surface area contributed by atoms with E-state index < -0.39 is 0 Å². The van der Waals surface area contributed by atoms with Crippen LogP contribution in [0.4, 0.5) is 17.3 Å². The van der Waals surface area contributed by atoms with E-state index in [1.807, 2.05) is 30.3 Å². The van der Waals surface area contributed by atoms with Crippen LogP contribution < -0.4 is 10.3 Å². The Hall–Kier alpha value is -3.72. The number of hydrogen-bond donors (Lipinski definition) is 1. The Kier molecular flexibility index (Phi) is 6.08. The fourth-order valence-electron chi connectivity index (χ4n) is 2.75. The third-order valence-corrected chi connectivity index (χ3v) is 4.21. The fraction of sp³-hybridized carbons (Fsp3) is 0.200. The van der Waals surface area contributed by atoms with Crippen LogP contribution in [0.25, 0.3) is 0 Å². The van der Waals surface area contributed by atoms with E-state index in [0.717, 1.165) is 37.7 Å². The number of morpholine rings is 1. The molecule has 0 bridgehead atoms. The van der Waals surface area contributed by atoms with Gasteiger partial charge in [-0.05, 0) is 42.5 Å². The lowest BCUT2D eigenvalue weighted by molar-refractivity contribution is 0.122. The molecule has 0 amide bonds. The van der Waals surface area contributed by atoms with Crippen molar-refractivity contribution < 1.29 is 4.74 Å². The van der Waals surface area contributed by atoms with E-state index >= 15 is 0 Å². The van der Waals surface area contributed by atoms with E-state index in [1.54, 1.807) is 24.7 Å². The number of hydrazone groups is 1. The van der Waals surface area contributed by atoms with Crippen molar-refractivity contribution in [1.82, 2.24) is 15.0 Å². The summed E-state index contributed by atoms with van der Waals surface area (Å²) in [5.74, 6) is 0.585. The highest BCUT2D eigenvalue weighted by molar-refractivity contribution is 5.97. The van der Waals surface area contributed by atoms with Gasteiger partial charge in [-0.1, -0.05) is 6.07 Å². The fourth-order valence-corrected chi connectivity index (χ4v) is 2.75. The lowest BCUT2D eigenvalue weighted by Crippen LogP contribution is -2.36. The summed E-state index contributed by atoms with van der Waals surface area (Å²) in [4.78, 5) is 14.7. The minimum atomic E-state index is 0.256. The molecular weight excluding hydrogens is 368 g/mol. The van der Waals surface area contributed by atoms with Crippen LogP contribution in [0.15, 0.2) is 82.5 Å². The molecule has 1 aliphatic rings. The van der Waals surface area contributed by atoms with Crippen molar-refractivity contribution in [1.29, 1.82) is 0 Å². The quantitative estimate of drug-likeness (QED) is 0.312. The van der Waals surface area contributed by atoms with Crippen molar-refractivity contribution >= 4 is 23.2 Å². The van der Waals surface area contributed by atoms with Gasteiger partial charge in [0.1, 0.15) is 5.69 Å². The van der Waals surface area contributed by atoms with E-state index in [0.29, 0.717) is 11.5 Å². The molecule has 29 heavy (non-hydrogen) atoms. The molecule has 2 aromatic heterocycles. The Labute approximate surface area is 168 Å². The number of anilines is 2. The number of hydrogen-bond acceptors (Lipinski definition) is 8. The Morgan fingerprint density at radius 1 is 0.897 bits per heavy atom. The lowest BCUT2D eigenvalue weighted by atomic mass is 10.2. The molecule has 4 rings (SSSR count). The number of nitrogens with zero attached hydrogens (tertiary/aromatic N) is 7. The van der Waals surface area contributed by atoms with Crippen LogP contribution in [0.1, 0.15) is 5.69 Å². The first-order chi connectivity index (χ1) is 14.4. The van der Waals surface area contributed by atoms with Gasteiger partial charge in [-0.15, -0.1) is 10.2 Å². The van der Waals surface area contributed by atoms with Gasteiger partial charge in [-0.3, -0.25) is 10.4 Å². The maximum atomic E-state index is 5.40. The standard InChI is InChI=1S/C20H20N8O/c1-2-9-21-18(4-1)19(26-27-20-22-10-3-11-23-20)25-24-16-5-7-17(8-6-16)28-12-14-29-15-13-28/h1-11,24H,12-15H2/b25-19-,27-26?. The summed E-state index contributed by atoms with van der Waals surface area (Å²) < 4.78 is 5.40. The molecular formula is C20H20N8O. The smallest absolute Gasteiger partial charge is 0.268 e. The van der Waals surface area contributed by atoms with Gasteiger partial charge in [0.05, 0.1) is 18.9 Å². The maximum Gasteiger partial charge on any atom is 0.268 e. The molecule has 3 heterocycles. The Bertz CT molecular complexity index is 955. The zero-order valence-electron chi connectivity index (χ0n) is 15.7. The van der Waals surface area contributed by atoms with Crippen LogP contribution in [0, 0.1) is 0 Å². The zero-order valence-corrected chi connectivity index (χ0v) is 15.7. The number of benzene rings is 1. The summed E-state index contributed by atoms with van der Waals surface area (Å²) in [5, 5.41) is 12.6. The topological polar surface area (TPSA) is 100 Å². The summed E-state index contributed by atoms with van der Waals surface area (Å²) in [6, 6.07) is 15.3. The first-order valence-corrected chi connectivity index (χ1v) is 9.25. The zero-order chi connectivity index (χ0) is 19.7. The predicted octanol–water partition coefficient (Wildman–Crippen LogP) is 3.27. The monoisotopic (exact) mass is 388 g/mol. The highest BCUT2D eigenvalue weighted by Crippen LogP contribution is 2.19. The highest BCUT2D eigenvalue weighted by atomic mass is 16.5. The SMILES string of the molecule is c1ccc(/C(N=Nc2ncccn2)=N/Nc2ccc(N3CCOCC3)cc2)nc1. The van der Waals surface area contributed by atoms with Crippen molar-refractivity contribution in [3.05, 3.63) is 72.8 Å². The Morgan fingerprint density at radius 2 is 1.66 bits per heavy atom. The molecule has 0 aliphatic carbocycles. The second-order valence-electron chi connectivity index (χ2n) is 6.16. The molecule has 1 N–H and O–H groups in total. The van der Waals surface area contributed by atoms with Gasteiger partial charge >= 0.3 is 0 Å². The molecule has 0 unspecified atom stereocenters. The number of amidine groups is 1. The molecule has 1 fully saturated rings. The number of azo groups is 1. The number of ether oxygens (including phenoxy) is 1. The minimum absolute atomic E-state index is 0.256. The normalized spacial score (nSPS) is 14.9. The number of aromatic nitrogens is 3. The molecule has 1 saturated heterocycles. The van der Waals surface area contributed by atoms with Gasteiger partial charge in [0.2, 0.25) is 5.84 Å². The van der Waals surface area contributed by atoms with Crippen molar-refractivity contribution in [2.45, 2.75) is 0 Å². The highest BCUT2D eigenvalue weighted by Gasteiger charge is 2.11. The molecule has 9 heteroatoms. The second kappa shape index (κ2) is 9.47. The van der Waals surface area contributed by atoms with E-state index in [4.69, 9.17) is 4.74 Å². The largest absolute Gasteiger partial charge is 0.378 e. The van der Waals surface area contributed by atoms with Crippen LogP contribution in [0.5, 0.6) is 0 Å². The average Bonchev–Trinajstić information content (AvgIpc) is 2.81. The molecule has 1 aromatic carbocycles. The lowest BCUT2D eigenvalue weighted by Gasteiger charge is -2.28. The van der Waals surface area contributed by atoms with Crippen LogP contribution >= 0.6 is 0 Å². The van der Waals surface area contributed by atoms with E-state index in [2.05, 4.69) is 52.7 Å². The molecule has 1 aliphatic heterocycles. The number of pyridine rings is 1. The van der Waals surface area contributed by atoms with E-state index in [9.17, 15) is 0 Å². The third kappa shape index (κ3) is 5.17. The van der Waals surface area contributed by atoms with Crippen LogP contribution in [0.3, 0.4) is 0 Å². The van der Waals surface area contributed by atoms with E-state index in [-0.39, 0.29) is 5.95 Å². The minimum Gasteiger partial charge on any atom is -0.378 e. The van der Waals surface area contributed by atoms with Gasteiger partial charge < -0.3 is 9.64 Å². The first kappa shape index (κ1) is 18.6. The molecule has 0 spiro atoms. The van der Waals surface area contributed by atoms with Gasteiger partial charge in [-0.2, -0.15) is 5.10 Å². The van der Waals surface area contributed by atoms with Gasteiger partial charge in [0.15, 0.2) is 0 Å². The van der Waals surface area contributed by atoms with Crippen molar-refractivity contribution in [2.75, 3.05) is 36.6 Å². The average molecular weight is 388 g/mol. The summed E-state index contributed by atoms with van der Waals surface area (Å²) in [5.41, 5.74) is 5.60. The van der Waals surface area contributed by atoms with Crippen LogP contribution in [-0.4, -0.2) is 47.1 Å². The molecule has 0 atom stereocenters. The van der Waals surface area contributed by atoms with Crippen molar-refractivity contribution in [3.8, 4) is 0 Å². The van der Waals surface area contributed by atoms with Crippen molar-refractivity contribution in [2.24, 2.45) is 15.3 Å². The van der Waals surface area contributed by atoms with Crippen LogP contribution in [0.2, 0.25) is 0 Å². The number of rotatable bonds is 5. The van der Waals surface area contributed by atoms with Crippen LogP contribution in [-0.2, 0) is 4.74 Å². The Morgan fingerprint density at radius 3 is 2.38 bits per heavy atom. The molecule has 0 radical (unpaired) electrons. The summed E-state index contributed by atoms with van der Waals surface area (Å²) >= 11 is 0. The molecule has 9 nitrogen and oxygen atoms in total. The Balaban J connectivity index is 1.51. The van der Waals surface area contributed by atoms with Gasteiger partial charge in [-0.25, -0.2) is 9.97 Å². The molecule has 3 aromatic rings. The van der Waals surface area contributed by atoms with Gasteiger partial charge in [0.25, 0.3) is 5.95 Å². The predicted molar refractivity (Wildman–Crippen MR) is 110 cm³/mol. The van der Waals surface area contributed by atoms with Crippen molar-refractivity contribution in [3.63, 3.8) is 0 Å². The maximum absolute atomic E-state index is 5.40. The molecule has 146 valence electrons. The third-order valence-electron chi connectivity index (χ3n) is 4.21.